The molecule has 0 fully saturated rings. The molecule has 0 radical (unpaired) electrons. The van der Waals surface area contributed by atoms with Gasteiger partial charge in [-0.05, 0) is 69.4 Å². The Kier molecular flexibility index (Phi) is 6.71. The summed E-state index contributed by atoms with van der Waals surface area (Å²) in [7, 11) is 0. The van der Waals surface area contributed by atoms with Crippen LogP contribution in [0.15, 0.2) is 90.1 Å². The molecule has 0 atom stereocenters. The maximum absolute atomic E-state index is 12.9. The summed E-state index contributed by atoms with van der Waals surface area (Å²) in [5, 5.41) is 22.9. The highest BCUT2D eigenvalue weighted by Gasteiger charge is 2.15. The quantitative estimate of drug-likeness (QED) is 0.254. The zero-order valence-corrected chi connectivity index (χ0v) is 19.4. The number of amides is 2. The van der Waals surface area contributed by atoms with Gasteiger partial charge in [-0.25, -0.2) is 4.68 Å². The summed E-state index contributed by atoms with van der Waals surface area (Å²) < 4.78 is 3.12. The summed E-state index contributed by atoms with van der Waals surface area (Å²) in [5.41, 5.74) is 7.24. The number of aromatic nitrogens is 8. The number of carbonyl (C=O) groups excluding carboxylic acids is 2. The molecule has 0 aliphatic heterocycles. The number of nitrogens with one attached hydrogen (secondary N) is 2. The molecule has 13 heteroatoms. The minimum absolute atomic E-state index is 0.363. The van der Waals surface area contributed by atoms with Crippen LogP contribution >= 0.6 is 11.8 Å². The molecule has 2 aromatic heterocycles. The SMILES string of the molecule is O=C(NNC(=O)c1ccccc1SCc1nnnn1-c1ccccc1)c1ccc(-n2cnnn2)cc1. The fraction of sp³-hybridized carbons (Fsp3) is 0.0435. The van der Waals surface area contributed by atoms with Crippen LogP contribution in [0, 0.1) is 0 Å². The number of benzene rings is 3. The van der Waals surface area contributed by atoms with E-state index >= 15 is 0 Å². The second kappa shape index (κ2) is 10.6. The standard InChI is InChI=1S/C23H18N10O2S/c34-22(16-10-12-17(13-11-16)32-15-24-28-30-32)26-27-23(35)19-8-4-5-9-20(19)36-14-21-25-29-31-33(21)18-6-2-1-3-7-18/h1-13,15H,14H2,(H,26,34)(H,27,35). The van der Waals surface area contributed by atoms with E-state index in [2.05, 4.69) is 41.9 Å². The van der Waals surface area contributed by atoms with Gasteiger partial charge in [-0.15, -0.1) is 22.0 Å². The van der Waals surface area contributed by atoms with Crippen LogP contribution in [0.4, 0.5) is 0 Å². The average Bonchev–Trinajstić information content (AvgIpc) is 3.64. The smallest absolute Gasteiger partial charge is 0.267 e. The van der Waals surface area contributed by atoms with Gasteiger partial charge < -0.3 is 0 Å². The Labute approximate surface area is 208 Å². The van der Waals surface area contributed by atoms with Gasteiger partial charge >= 0.3 is 0 Å². The van der Waals surface area contributed by atoms with Gasteiger partial charge in [-0.2, -0.15) is 4.68 Å². The van der Waals surface area contributed by atoms with Gasteiger partial charge in [0.05, 0.1) is 22.7 Å². The molecule has 0 saturated heterocycles. The average molecular weight is 499 g/mol. The summed E-state index contributed by atoms with van der Waals surface area (Å²) in [6.07, 6.45) is 1.45. The normalized spacial score (nSPS) is 10.7. The highest BCUT2D eigenvalue weighted by molar-refractivity contribution is 7.98. The van der Waals surface area contributed by atoms with Crippen LogP contribution in [-0.4, -0.2) is 52.2 Å². The molecular formula is C23H18N10O2S. The molecule has 0 aliphatic carbocycles. The van der Waals surface area contributed by atoms with Crippen molar-refractivity contribution in [3.63, 3.8) is 0 Å². The van der Waals surface area contributed by atoms with E-state index < -0.39 is 11.8 Å². The Balaban J connectivity index is 1.22. The predicted molar refractivity (Wildman–Crippen MR) is 129 cm³/mol. The first-order valence-corrected chi connectivity index (χ1v) is 11.7. The Morgan fingerprint density at radius 1 is 0.778 bits per heavy atom. The van der Waals surface area contributed by atoms with Crippen molar-refractivity contribution < 1.29 is 9.59 Å². The van der Waals surface area contributed by atoms with E-state index in [1.165, 1.54) is 22.8 Å². The monoisotopic (exact) mass is 498 g/mol. The Morgan fingerprint density at radius 2 is 1.53 bits per heavy atom. The van der Waals surface area contributed by atoms with Crippen molar-refractivity contribution in [3.05, 3.63) is 102 Å². The van der Waals surface area contributed by atoms with Crippen LogP contribution < -0.4 is 10.9 Å². The van der Waals surface area contributed by atoms with Crippen molar-refractivity contribution in [3.8, 4) is 11.4 Å². The maximum atomic E-state index is 12.9. The molecule has 2 N–H and O–H groups in total. The Hall–Kier alpha value is -4.91. The Bertz CT molecular complexity index is 1470. The third-order valence-corrected chi connectivity index (χ3v) is 6.13. The van der Waals surface area contributed by atoms with Gasteiger partial charge in [-0.1, -0.05) is 30.3 Å². The third kappa shape index (κ3) is 5.10. The molecule has 2 amide bonds. The topological polar surface area (TPSA) is 145 Å². The first kappa shape index (κ1) is 22.9. The van der Waals surface area contributed by atoms with E-state index in [1.54, 1.807) is 41.1 Å². The molecule has 12 nitrogen and oxygen atoms in total. The largest absolute Gasteiger partial charge is 0.270 e. The van der Waals surface area contributed by atoms with Crippen LogP contribution in [0.3, 0.4) is 0 Å². The number of thioether (sulfide) groups is 1. The lowest BCUT2D eigenvalue weighted by Gasteiger charge is -2.11. The summed E-state index contributed by atoms with van der Waals surface area (Å²) in [4.78, 5) is 26.1. The van der Waals surface area contributed by atoms with E-state index in [4.69, 9.17) is 0 Å². The first-order valence-electron chi connectivity index (χ1n) is 10.7. The molecule has 0 unspecified atom stereocenters. The number of rotatable bonds is 7. The highest BCUT2D eigenvalue weighted by Crippen LogP contribution is 2.26. The van der Waals surface area contributed by atoms with Gasteiger partial charge in [-0.3, -0.25) is 20.4 Å². The number of hydrogen-bond acceptors (Lipinski definition) is 9. The number of tetrazole rings is 2. The minimum atomic E-state index is -0.459. The molecule has 36 heavy (non-hydrogen) atoms. The number of hydrazine groups is 1. The lowest BCUT2D eigenvalue weighted by Crippen LogP contribution is -2.41. The van der Waals surface area contributed by atoms with Gasteiger partial charge in [0.15, 0.2) is 5.82 Å². The number of nitrogens with zero attached hydrogens (tertiary/aromatic N) is 8. The molecule has 178 valence electrons. The van der Waals surface area contributed by atoms with Crippen LogP contribution in [-0.2, 0) is 5.75 Å². The van der Waals surface area contributed by atoms with Crippen LogP contribution in [0.5, 0.6) is 0 Å². The van der Waals surface area contributed by atoms with Crippen LogP contribution in [0.1, 0.15) is 26.5 Å². The number of carbonyl (C=O) groups is 2. The highest BCUT2D eigenvalue weighted by atomic mass is 32.2. The maximum Gasteiger partial charge on any atom is 0.270 e. The summed E-state index contributed by atoms with van der Waals surface area (Å²) in [5.74, 6) is 0.171. The molecule has 2 heterocycles. The molecule has 5 aromatic rings. The zero-order valence-electron chi connectivity index (χ0n) is 18.6. The summed E-state index contributed by atoms with van der Waals surface area (Å²) >= 11 is 1.42. The van der Waals surface area contributed by atoms with E-state index in [0.717, 1.165) is 10.6 Å². The molecule has 0 spiro atoms. The fourth-order valence-electron chi connectivity index (χ4n) is 3.29. The second-order valence-electron chi connectivity index (χ2n) is 7.34. The van der Waals surface area contributed by atoms with Crippen LogP contribution in [0.2, 0.25) is 0 Å². The lowest BCUT2D eigenvalue weighted by molar-refractivity contribution is 0.0845. The van der Waals surface area contributed by atoms with Gasteiger partial charge in [0.2, 0.25) is 0 Å². The van der Waals surface area contributed by atoms with E-state index in [-0.39, 0.29) is 0 Å². The molecule has 5 rings (SSSR count). The zero-order chi connectivity index (χ0) is 24.7. The predicted octanol–water partition coefficient (Wildman–Crippen LogP) is 2.01. The van der Waals surface area contributed by atoms with E-state index in [9.17, 15) is 9.59 Å². The van der Waals surface area contributed by atoms with Crippen molar-refractivity contribution in [1.82, 2.24) is 51.3 Å². The molecule has 0 aliphatic rings. The van der Waals surface area contributed by atoms with E-state index in [1.807, 2.05) is 42.5 Å². The number of hydrogen-bond donors (Lipinski definition) is 2. The van der Waals surface area contributed by atoms with Crippen molar-refractivity contribution in [2.75, 3.05) is 0 Å². The van der Waals surface area contributed by atoms with Gasteiger partial charge in [0, 0.05) is 10.5 Å². The molecule has 0 bridgehead atoms. The van der Waals surface area contributed by atoms with Crippen molar-refractivity contribution in [2.24, 2.45) is 0 Å². The molecule has 3 aromatic carbocycles. The number of para-hydroxylation sites is 1. The van der Waals surface area contributed by atoms with Crippen LogP contribution in [0.25, 0.3) is 11.4 Å². The Morgan fingerprint density at radius 3 is 2.31 bits per heavy atom. The minimum Gasteiger partial charge on any atom is -0.267 e. The summed E-state index contributed by atoms with van der Waals surface area (Å²) in [6.45, 7) is 0. The van der Waals surface area contributed by atoms with Gasteiger partial charge in [0.1, 0.15) is 6.33 Å². The van der Waals surface area contributed by atoms with Gasteiger partial charge in [0.25, 0.3) is 11.8 Å². The fourth-order valence-corrected chi connectivity index (χ4v) is 4.24. The van der Waals surface area contributed by atoms with E-state index in [0.29, 0.717) is 28.4 Å². The third-order valence-electron chi connectivity index (χ3n) is 5.06. The first-order chi connectivity index (χ1) is 17.7. The lowest BCUT2D eigenvalue weighted by atomic mass is 10.2. The summed E-state index contributed by atoms with van der Waals surface area (Å²) in [6, 6.07) is 23.3. The van der Waals surface area contributed by atoms with Crippen molar-refractivity contribution >= 4 is 23.6 Å². The second-order valence-corrected chi connectivity index (χ2v) is 8.35. The molecular weight excluding hydrogens is 480 g/mol. The van der Waals surface area contributed by atoms with Crippen molar-refractivity contribution in [2.45, 2.75) is 10.6 Å². The molecule has 0 saturated carbocycles. The van der Waals surface area contributed by atoms with Crippen molar-refractivity contribution in [1.29, 1.82) is 0 Å².